The lowest BCUT2D eigenvalue weighted by Gasteiger charge is -2.34. The predicted molar refractivity (Wildman–Crippen MR) is 190 cm³/mol. The molecule has 5 heterocycles. The Balaban J connectivity index is 1.06. The summed E-state index contributed by atoms with van der Waals surface area (Å²) in [5, 5.41) is 9.14. The first-order valence-electron chi connectivity index (χ1n) is 16.8. The molecule has 3 aliphatic heterocycles. The molecule has 0 saturated carbocycles. The standard InChI is InChI=1S/C36H34ClF2N7O4S/c1-45-16-24(42-35(47)21-8-12-26(13-9-21)51(39,48)49)14-25(45)19-50-36-43-33-28(34(44-36)46-17-22-10-11-23(18-46)41-22)15-40-32(31(33)38)27-6-2-4-20-5-3-7-29(37)30(20)27/h2-9,12-13,15,22-25,41H,10-11,14,16-19H2,1H3,(H,42,47)/t22?,23?,24-,25+/m1/s1. The van der Waals surface area contributed by atoms with E-state index in [1.807, 2.05) is 36.2 Å². The van der Waals surface area contributed by atoms with Crippen LogP contribution in [0.1, 0.15) is 29.6 Å². The Hall–Kier alpha value is -4.50. The van der Waals surface area contributed by atoms with Crippen LogP contribution < -0.4 is 20.3 Å². The maximum atomic E-state index is 16.7. The average Bonchev–Trinajstić information content (AvgIpc) is 3.65. The number of nitrogens with one attached hydrogen (secondary N) is 2. The summed E-state index contributed by atoms with van der Waals surface area (Å²) in [4.78, 5) is 30.6. The van der Waals surface area contributed by atoms with E-state index >= 15 is 4.39 Å². The molecule has 2 aromatic heterocycles. The van der Waals surface area contributed by atoms with Crippen LogP contribution in [0, 0.1) is 5.82 Å². The third-order valence-corrected chi connectivity index (χ3v) is 11.2. The van der Waals surface area contributed by atoms with Crippen molar-refractivity contribution in [3.63, 3.8) is 0 Å². The quantitative estimate of drug-likeness (QED) is 0.208. The number of likely N-dealkylation sites (N-methyl/N-ethyl adjacent to an activating group) is 1. The molecule has 3 fully saturated rings. The number of carbonyl (C=O) groups excluding carboxylic acids is 1. The monoisotopic (exact) mass is 733 g/mol. The lowest BCUT2D eigenvalue weighted by molar-refractivity contribution is 0.0938. The number of halogens is 3. The van der Waals surface area contributed by atoms with E-state index in [1.54, 1.807) is 18.3 Å². The van der Waals surface area contributed by atoms with Crippen molar-refractivity contribution in [2.24, 2.45) is 0 Å². The highest BCUT2D eigenvalue weighted by Crippen LogP contribution is 2.38. The van der Waals surface area contributed by atoms with Crippen molar-refractivity contribution >= 4 is 55.2 Å². The zero-order valence-electron chi connectivity index (χ0n) is 27.5. The van der Waals surface area contributed by atoms with Crippen LogP contribution in [0.5, 0.6) is 6.01 Å². The third kappa shape index (κ3) is 6.57. The number of carbonyl (C=O) groups is 1. The van der Waals surface area contributed by atoms with Gasteiger partial charge in [-0.3, -0.25) is 14.7 Å². The molecule has 51 heavy (non-hydrogen) atoms. The molecule has 1 amide bonds. The SMILES string of the molecule is CN1C[C@H](NC(=O)c2ccc(S(=O)(=O)F)cc2)C[C@H]1COc1nc(N2CC3CCC(C2)N3)c2cnc(-c3cccc4cccc(Cl)c34)c(F)c2n1. The molecule has 2 bridgehead atoms. The Morgan fingerprint density at radius 1 is 1.04 bits per heavy atom. The highest BCUT2D eigenvalue weighted by molar-refractivity contribution is 7.86. The number of hydrogen-bond acceptors (Lipinski definition) is 10. The van der Waals surface area contributed by atoms with Crippen molar-refractivity contribution < 1.29 is 26.2 Å². The molecule has 2 unspecified atom stereocenters. The second-order valence-electron chi connectivity index (χ2n) is 13.5. The second-order valence-corrected chi connectivity index (χ2v) is 15.2. The molecule has 0 radical (unpaired) electrons. The third-order valence-electron chi connectivity index (χ3n) is 10.1. The van der Waals surface area contributed by atoms with E-state index in [-0.39, 0.29) is 41.5 Å². The van der Waals surface area contributed by atoms with Crippen molar-refractivity contribution in [2.75, 3.05) is 38.2 Å². The van der Waals surface area contributed by atoms with Gasteiger partial charge in [-0.05, 0) is 62.0 Å². The molecule has 4 atom stereocenters. The van der Waals surface area contributed by atoms with Gasteiger partial charge in [-0.15, -0.1) is 3.89 Å². The maximum Gasteiger partial charge on any atom is 0.332 e. The molecular weight excluding hydrogens is 700 g/mol. The molecule has 0 spiro atoms. The number of amides is 1. The topological polar surface area (TPSA) is 130 Å². The summed E-state index contributed by atoms with van der Waals surface area (Å²) < 4.78 is 58.5. The lowest BCUT2D eigenvalue weighted by Crippen LogP contribution is -2.51. The van der Waals surface area contributed by atoms with Crippen LogP contribution >= 0.6 is 11.6 Å². The number of fused-ring (bicyclic) bond motifs is 4. The number of rotatable bonds is 8. The smallest absolute Gasteiger partial charge is 0.332 e. The largest absolute Gasteiger partial charge is 0.462 e. The van der Waals surface area contributed by atoms with Gasteiger partial charge < -0.3 is 20.3 Å². The van der Waals surface area contributed by atoms with E-state index in [2.05, 4.69) is 25.5 Å². The Kier molecular flexibility index (Phi) is 8.73. The molecule has 3 saturated heterocycles. The number of piperazine rings is 1. The Bertz CT molecular complexity index is 2260. The number of benzene rings is 3. The van der Waals surface area contributed by atoms with Crippen LogP contribution in [0.2, 0.25) is 5.02 Å². The van der Waals surface area contributed by atoms with Gasteiger partial charge in [0.2, 0.25) is 0 Å². The highest BCUT2D eigenvalue weighted by atomic mass is 35.5. The van der Waals surface area contributed by atoms with Crippen molar-refractivity contribution in [1.29, 1.82) is 0 Å². The lowest BCUT2D eigenvalue weighted by atomic mass is 10.0. The van der Waals surface area contributed by atoms with Gasteiger partial charge in [0, 0.05) is 71.5 Å². The number of ether oxygens (including phenoxy) is 1. The summed E-state index contributed by atoms with van der Waals surface area (Å²) in [6.45, 7) is 2.14. The average molecular weight is 734 g/mol. The van der Waals surface area contributed by atoms with Gasteiger partial charge in [0.25, 0.3) is 5.91 Å². The van der Waals surface area contributed by atoms with Crippen molar-refractivity contribution in [3.05, 3.63) is 83.3 Å². The van der Waals surface area contributed by atoms with Gasteiger partial charge in [-0.25, -0.2) is 4.39 Å². The summed E-state index contributed by atoms with van der Waals surface area (Å²) in [5.74, 6) is -0.430. The number of anilines is 1. The van der Waals surface area contributed by atoms with Gasteiger partial charge >= 0.3 is 16.2 Å². The molecule has 5 aromatic rings. The fourth-order valence-electron chi connectivity index (χ4n) is 7.57. The van der Waals surface area contributed by atoms with E-state index in [1.165, 1.54) is 12.1 Å². The fraction of sp³-hybridized carbons (Fsp3) is 0.333. The number of hydrogen-bond donors (Lipinski definition) is 2. The van der Waals surface area contributed by atoms with E-state index < -0.39 is 26.8 Å². The van der Waals surface area contributed by atoms with Crippen LogP contribution in [0.25, 0.3) is 32.9 Å². The van der Waals surface area contributed by atoms with Crippen LogP contribution in [-0.4, -0.2) is 91.6 Å². The molecule has 15 heteroatoms. The van der Waals surface area contributed by atoms with Crippen molar-refractivity contribution in [3.8, 4) is 17.3 Å². The molecule has 0 aliphatic carbocycles. The normalized spacial score (nSPS) is 22.2. The van der Waals surface area contributed by atoms with Crippen LogP contribution in [0.4, 0.5) is 14.1 Å². The second kappa shape index (κ2) is 13.2. The zero-order chi connectivity index (χ0) is 35.4. The van der Waals surface area contributed by atoms with Crippen LogP contribution in [0.3, 0.4) is 0 Å². The number of aromatic nitrogens is 3. The van der Waals surface area contributed by atoms with Crippen molar-refractivity contribution in [2.45, 2.75) is 48.3 Å². The van der Waals surface area contributed by atoms with Gasteiger partial charge in [0.15, 0.2) is 5.82 Å². The number of nitrogens with zero attached hydrogens (tertiary/aromatic N) is 5. The Labute approximate surface area is 298 Å². The zero-order valence-corrected chi connectivity index (χ0v) is 29.1. The highest BCUT2D eigenvalue weighted by Gasteiger charge is 2.35. The first-order valence-corrected chi connectivity index (χ1v) is 18.5. The molecule has 8 rings (SSSR count). The summed E-state index contributed by atoms with van der Waals surface area (Å²) >= 11 is 6.60. The van der Waals surface area contributed by atoms with Crippen molar-refractivity contribution in [1.82, 2.24) is 30.5 Å². The van der Waals surface area contributed by atoms with E-state index in [9.17, 15) is 17.1 Å². The molecule has 3 aromatic carbocycles. The molecule has 11 nitrogen and oxygen atoms in total. The fourth-order valence-corrected chi connectivity index (χ4v) is 8.31. The molecule has 2 N–H and O–H groups in total. The van der Waals surface area contributed by atoms with Crippen LogP contribution in [-0.2, 0) is 10.2 Å². The summed E-state index contributed by atoms with van der Waals surface area (Å²) in [5.41, 5.74) is 1.01. The minimum Gasteiger partial charge on any atom is -0.462 e. The van der Waals surface area contributed by atoms with Gasteiger partial charge in [0.1, 0.15) is 23.6 Å². The maximum absolute atomic E-state index is 16.7. The Morgan fingerprint density at radius 2 is 1.76 bits per heavy atom. The van der Waals surface area contributed by atoms with Crippen LogP contribution in [0.15, 0.2) is 71.8 Å². The van der Waals surface area contributed by atoms with Gasteiger partial charge in [0.05, 0.1) is 10.3 Å². The van der Waals surface area contributed by atoms with E-state index in [4.69, 9.17) is 21.3 Å². The van der Waals surface area contributed by atoms with Gasteiger partial charge in [-0.1, -0.05) is 41.9 Å². The first-order chi connectivity index (χ1) is 24.5. The minimum absolute atomic E-state index is 0.0409. The molecule has 3 aliphatic rings. The van der Waals surface area contributed by atoms with E-state index in [0.717, 1.165) is 30.4 Å². The minimum atomic E-state index is -4.86. The number of pyridine rings is 1. The molecule has 264 valence electrons. The summed E-state index contributed by atoms with van der Waals surface area (Å²) in [6.07, 6.45) is 4.30. The van der Waals surface area contributed by atoms with E-state index in [0.29, 0.717) is 65.3 Å². The van der Waals surface area contributed by atoms with Gasteiger partial charge in [-0.2, -0.15) is 18.4 Å². The summed E-state index contributed by atoms with van der Waals surface area (Å²) in [7, 11) is -2.95. The molecular formula is C36H34ClF2N7O4S. The predicted octanol–water partition coefficient (Wildman–Crippen LogP) is 5.12. The Morgan fingerprint density at radius 3 is 2.49 bits per heavy atom. The number of likely N-dealkylation sites (tertiary alicyclic amines) is 1. The first kappa shape index (κ1) is 33.6. The summed E-state index contributed by atoms with van der Waals surface area (Å²) in [6, 6.07) is 16.1.